The fourth-order valence-electron chi connectivity index (χ4n) is 3.20. The van der Waals surface area contributed by atoms with Gasteiger partial charge in [0.2, 0.25) is 10.0 Å². The van der Waals surface area contributed by atoms with Gasteiger partial charge in [-0.3, -0.25) is 4.90 Å². The lowest BCUT2D eigenvalue weighted by Crippen LogP contribution is -2.63. The summed E-state index contributed by atoms with van der Waals surface area (Å²) in [6.45, 7) is 7.65. The molecule has 1 N–H and O–H groups in total. The molecule has 0 radical (unpaired) electrons. The van der Waals surface area contributed by atoms with Crippen LogP contribution in [0.15, 0.2) is 29.2 Å². The van der Waals surface area contributed by atoms with Crippen molar-refractivity contribution in [1.82, 2.24) is 9.21 Å². The Morgan fingerprint density at radius 3 is 2.54 bits per heavy atom. The third-order valence-electron chi connectivity index (χ3n) is 4.98. The Hall–Kier alpha value is -0.990. The average Bonchev–Trinajstić information content (AvgIpc) is 2.54. The molecule has 0 aliphatic carbocycles. The number of likely N-dealkylation sites (tertiary alicyclic amines) is 1. The van der Waals surface area contributed by atoms with E-state index in [1.54, 1.807) is 18.2 Å². The Kier molecular flexibility index (Phi) is 4.99. The summed E-state index contributed by atoms with van der Waals surface area (Å²) in [6.07, 6.45) is 0. The van der Waals surface area contributed by atoms with Crippen molar-refractivity contribution < 1.29 is 18.3 Å². The number of rotatable bonds is 5. The zero-order chi connectivity index (χ0) is 17.4. The fraction of sp³-hybridized carbons (Fsp3) is 0.647. The van der Waals surface area contributed by atoms with Crippen LogP contribution in [0.3, 0.4) is 0 Å². The van der Waals surface area contributed by atoms with Gasteiger partial charge in [0.1, 0.15) is 0 Å². The molecule has 2 fully saturated rings. The molecule has 6 nitrogen and oxygen atoms in total. The van der Waals surface area contributed by atoms with E-state index in [9.17, 15) is 13.5 Å². The number of benzene rings is 1. The smallest absolute Gasteiger partial charge is 0.243 e. The fourth-order valence-corrected chi connectivity index (χ4v) is 4.68. The maximum atomic E-state index is 12.7. The number of hydrogen-bond donors (Lipinski definition) is 1. The summed E-state index contributed by atoms with van der Waals surface area (Å²) < 4.78 is 32.2. The van der Waals surface area contributed by atoms with Crippen LogP contribution in [0, 0.1) is 5.92 Å². The Bertz CT molecular complexity index is 678. The standard InChI is InChI=1S/C17H26N2O4S/c1-14(2)17(20)12-18(13-17)11-15-4-3-5-16(10-15)24(21,22)19-6-8-23-9-7-19/h3-5,10,14,20H,6-9,11-13H2,1-2H3. The van der Waals surface area contributed by atoms with E-state index in [4.69, 9.17) is 4.74 Å². The van der Waals surface area contributed by atoms with E-state index in [1.807, 2.05) is 19.9 Å². The van der Waals surface area contributed by atoms with Crippen LogP contribution in [0.1, 0.15) is 19.4 Å². The van der Waals surface area contributed by atoms with Crippen LogP contribution in [-0.4, -0.2) is 67.7 Å². The molecule has 7 heteroatoms. The third kappa shape index (κ3) is 3.50. The molecule has 2 heterocycles. The molecule has 0 atom stereocenters. The van der Waals surface area contributed by atoms with Crippen molar-refractivity contribution in [2.45, 2.75) is 30.9 Å². The van der Waals surface area contributed by atoms with Crippen LogP contribution < -0.4 is 0 Å². The summed E-state index contributed by atoms with van der Waals surface area (Å²) in [5.74, 6) is 0.224. The second-order valence-corrected chi connectivity index (χ2v) is 9.01. The van der Waals surface area contributed by atoms with Crippen LogP contribution in [0.4, 0.5) is 0 Å². The van der Waals surface area contributed by atoms with Crippen molar-refractivity contribution in [3.8, 4) is 0 Å². The summed E-state index contributed by atoms with van der Waals surface area (Å²) in [5.41, 5.74) is 0.340. The summed E-state index contributed by atoms with van der Waals surface area (Å²) in [6, 6.07) is 7.12. The van der Waals surface area contributed by atoms with Crippen LogP contribution in [0.5, 0.6) is 0 Å². The number of morpholine rings is 1. The molecule has 1 aromatic carbocycles. The molecule has 2 aliphatic heterocycles. The van der Waals surface area contributed by atoms with Crippen LogP contribution in [0.2, 0.25) is 0 Å². The van der Waals surface area contributed by atoms with Gasteiger partial charge in [-0.1, -0.05) is 26.0 Å². The second-order valence-electron chi connectivity index (χ2n) is 7.07. The first-order chi connectivity index (χ1) is 11.3. The van der Waals surface area contributed by atoms with Gasteiger partial charge >= 0.3 is 0 Å². The van der Waals surface area contributed by atoms with Gasteiger partial charge < -0.3 is 9.84 Å². The Morgan fingerprint density at radius 2 is 1.92 bits per heavy atom. The topological polar surface area (TPSA) is 70.1 Å². The van der Waals surface area contributed by atoms with Gasteiger partial charge in [-0.05, 0) is 23.6 Å². The molecule has 2 aliphatic rings. The summed E-state index contributed by atoms with van der Waals surface area (Å²) in [4.78, 5) is 2.47. The predicted octanol–water partition coefficient (Wildman–Crippen LogP) is 0.910. The quantitative estimate of drug-likeness (QED) is 0.851. The van der Waals surface area contributed by atoms with E-state index >= 15 is 0 Å². The lowest BCUT2D eigenvalue weighted by molar-refractivity contribution is -0.130. The van der Waals surface area contributed by atoms with Gasteiger partial charge in [0.25, 0.3) is 0 Å². The Labute approximate surface area is 144 Å². The van der Waals surface area contributed by atoms with Gasteiger partial charge in [0.15, 0.2) is 0 Å². The van der Waals surface area contributed by atoms with Crippen molar-refractivity contribution >= 4 is 10.0 Å². The SMILES string of the molecule is CC(C)C1(O)CN(Cc2cccc(S(=O)(=O)N3CCOCC3)c2)C1. The highest BCUT2D eigenvalue weighted by molar-refractivity contribution is 7.89. The Morgan fingerprint density at radius 1 is 1.25 bits per heavy atom. The number of ether oxygens (including phenoxy) is 1. The van der Waals surface area contributed by atoms with E-state index < -0.39 is 15.6 Å². The monoisotopic (exact) mass is 354 g/mol. The summed E-state index contributed by atoms with van der Waals surface area (Å²) in [7, 11) is -3.46. The molecule has 24 heavy (non-hydrogen) atoms. The first-order valence-electron chi connectivity index (χ1n) is 8.43. The van der Waals surface area contributed by atoms with Crippen molar-refractivity contribution in [1.29, 1.82) is 0 Å². The third-order valence-corrected chi connectivity index (χ3v) is 6.88. The average molecular weight is 354 g/mol. The molecule has 2 saturated heterocycles. The van der Waals surface area contributed by atoms with Gasteiger partial charge in [0, 0.05) is 32.7 Å². The predicted molar refractivity (Wildman–Crippen MR) is 91.1 cm³/mol. The molecule has 3 rings (SSSR count). The van der Waals surface area contributed by atoms with Crippen molar-refractivity contribution in [2.24, 2.45) is 5.92 Å². The minimum Gasteiger partial charge on any atom is -0.387 e. The first kappa shape index (κ1) is 17.8. The number of β-amino-alcohol motifs (C(OH)–C–C–N with tert-alkyl or cyclic N) is 1. The molecule has 134 valence electrons. The van der Waals surface area contributed by atoms with Crippen LogP contribution >= 0.6 is 0 Å². The number of aliphatic hydroxyl groups is 1. The van der Waals surface area contributed by atoms with Crippen LogP contribution in [-0.2, 0) is 21.3 Å². The molecular formula is C17H26N2O4S. The van der Waals surface area contributed by atoms with Crippen molar-refractivity contribution in [3.05, 3.63) is 29.8 Å². The zero-order valence-electron chi connectivity index (χ0n) is 14.3. The molecule has 0 bridgehead atoms. The maximum absolute atomic E-state index is 12.7. The minimum absolute atomic E-state index is 0.224. The number of sulfonamides is 1. The number of hydrogen-bond acceptors (Lipinski definition) is 5. The van der Waals surface area contributed by atoms with Crippen LogP contribution in [0.25, 0.3) is 0 Å². The van der Waals surface area contributed by atoms with Gasteiger partial charge in [-0.25, -0.2) is 8.42 Å². The summed E-state index contributed by atoms with van der Waals surface area (Å²) in [5, 5.41) is 10.3. The highest BCUT2D eigenvalue weighted by atomic mass is 32.2. The molecular weight excluding hydrogens is 328 g/mol. The maximum Gasteiger partial charge on any atom is 0.243 e. The van der Waals surface area contributed by atoms with Gasteiger partial charge in [-0.15, -0.1) is 0 Å². The van der Waals surface area contributed by atoms with Gasteiger partial charge in [0.05, 0.1) is 23.7 Å². The summed E-state index contributed by atoms with van der Waals surface area (Å²) >= 11 is 0. The van der Waals surface area contributed by atoms with Crippen molar-refractivity contribution in [3.63, 3.8) is 0 Å². The highest BCUT2D eigenvalue weighted by Crippen LogP contribution is 2.30. The normalized spacial score (nSPS) is 22.5. The van der Waals surface area contributed by atoms with E-state index in [0.717, 1.165) is 5.56 Å². The molecule has 0 spiro atoms. The van der Waals surface area contributed by atoms with E-state index in [1.165, 1.54) is 4.31 Å². The zero-order valence-corrected chi connectivity index (χ0v) is 15.1. The molecule has 1 aromatic rings. The van der Waals surface area contributed by atoms with E-state index in [-0.39, 0.29) is 5.92 Å². The molecule has 0 amide bonds. The largest absolute Gasteiger partial charge is 0.387 e. The first-order valence-corrected chi connectivity index (χ1v) is 9.87. The van der Waals surface area contributed by atoms with Gasteiger partial charge in [-0.2, -0.15) is 4.31 Å². The minimum atomic E-state index is -3.46. The molecule has 0 saturated carbocycles. The lowest BCUT2D eigenvalue weighted by Gasteiger charge is -2.49. The molecule has 0 unspecified atom stereocenters. The molecule has 0 aromatic heterocycles. The lowest BCUT2D eigenvalue weighted by atomic mass is 9.83. The van der Waals surface area contributed by atoms with E-state index in [0.29, 0.717) is 50.8 Å². The number of nitrogens with zero attached hydrogens (tertiary/aromatic N) is 2. The highest BCUT2D eigenvalue weighted by Gasteiger charge is 2.43. The second kappa shape index (κ2) is 6.72. The van der Waals surface area contributed by atoms with Crippen molar-refractivity contribution in [2.75, 3.05) is 39.4 Å². The Balaban J connectivity index is 1.69. The van der Waals surface area contributed by atoms with E-state index in [2.05, 4.69) is 4.90 Å².